The van der Waals surface area contributed by atoms with Gasteiger partial charge >= 0.3 is 0 Å². The molecule has 0 aliphatic rings. The van der Waals surface area contributed by atoms with Gasteiger partial charge in [-0.2, -0.15) is 0 Å². The number of aliphatic hydroxyl groups excluding tert-OH is 1. The summed E-state index contributed by atoms with van der Waals surface area (Å²) < 4.78 is 5.28. The maximum atomic E-state index is 10.5. The first-order chi connectivity index (χ1) is 7.54. The zero-order valence-electron chi connectivity index (χ0n) is 8.72. The molecule has 6 heteroatoms. The summed E-state index contributed by atoms with van der Waals surface area (Å²) in [5, 5.41) is 19.6. The Balaban J connectivity index is 2.78. The number of halogens is 1. The minimum atomic E-state index is -0.515. The van der Waals surface area contributed by atoms with Crippen LogP contribution in [0.3, 0.4) is 0 Å². The van der Waals surface area contributed by atoms with Crippen LogP contribution in [0.15, 0.2) is 18.2 Å². The van der Waals surface area contributed by atoms with Gasteiger partial charge in [-0.05, 0) is 6.07 Å². The quantitative estimate of drug-likeness (QED) is 0.638. The molecule has 1 aromatic rings. The van der Waals surface area contributed by atoms with Crippen LogP contribution in [-0.2, 0) is 0 Å². The second kappa shape index (κ2) is 5.67. The summed E-state index contributed by atoms with van der Waals surface area (Å²) in [6.07, 6.45) is 0. The van der Waals surface area contributed by atoms with E-state index < -0.39 is 4.92 Å². The second-order valence-corrected chi connectivity index (χ2v) is 3.88. The van der Waals surface area contributed by atoms with Gasteiger partial charge in [-0.3, -0.25) is 10.1 Å². The van der Waals surface area contributed by atoms with Gasteiger partial charge in [-0.1, -0.05) is 18.5 Å². The number of hydrogen-bond donors (Lipinski definition) is 1. The van der Waals surface area contributed by atoms with Crippen molar-refractivity contribution in [2.24, 2.45) is 5.92 Å². The first-order valence-corrected chi connectivity index (χ1v) is 5.10. The zero-order valence-corrected chi connectivity index (χ0v) is 9.48. The summed E-state index contributed by atoms with van der Waals surface area (Å²) in [6, 6.07) is 4.00. The molecule has 0 saturated heterocycles. The molecule has 0 spiro atoms. The van der Waals surface area contributed by atoms with E-state index in [1.165, 1.54) is 18.2 Å². The molecule has 0 heterocycles. The highest BCUT2D eigenvalue weighted by Crippen LogP contribution is 2.29. The zero-order chi connectivity index (χ0) is 12.1. The van der Waals surface area contributed by atoms with Crippen molar-refractivity contribution in [1.29, 1.82) is 0 Å². The summed E-state index contributed by atoms with van der Waals surface area (Å²) in [7, 11) is 0. The van der Waals surface area contributed by atoms with E-state index in [4.69, 9.17) is 21.4 Å². The van der Waals surface area contributed by atoms with Crippen molar-refractivity contribution in [2.45, 2.75) is 6.92 Å². The molecule has 0 aliphatic heterocycles. The fourth-order valence-corrected chi connectivity index (χ4v) is 1.17. The lowest BCUT2D eigenvalue weighted by atomic mass is 10.2. The average Bonchev–Trinajstić information content (AvgIpc) is 2.27. The van der Waals surface area contributed by atoms with E-state index in [0.717, 1.165) is 0 Å². The fraction of sp³-hybridized carbons (Fsp3) is 0.400. The molecule has 1 unspecified atom stereocenters. The fourth-order valence-electron chi connectivity index (χ4n) is 1.00. The molecule has 0 saturated carbocycles. The molecule has 16 heavy (non-hydrogen) atoms. The van der Waals surface area contributed by atoms with Crippen molar-refractivity contribution in [1.82, 2.24) is 0 Å². The van der Waals surface area contributed by atoms with E-state index in [1.807, 2.05) is 0 Å². The van der Waals surface area contributed by atoms with Gasteiger partial charge in [0, 0.05) is 18.6 Å². The molecule has 0 bridgehead atoms. The molecular weight excluding hydrogens is 234 g/mol. The van der Waals surface area contributed by atoms with Crippen molar-refractivity contribution in [2.75, 3.05) is 13.2 Å². The summed E-state index contributed by atoms with van der Waals surface area (Å²) in [5.74, 6) is 0.214. The topological polar surface area (TPSA) is 72.6 Å². The van der Waals surface area contributed by atoms with Crippen molar-refractivity contribution < 1.29 is 14.8 Å². The van der Waals surface area contributed by atoms with Crippen LogP contribution >= 0.6 is 11.6 Å². The van der Waals surface area contributed by atoms with Crippen molar-refractivity contribution in [3.8, 4) is 5.75 Å². The molecule has 0 aliphatic carbocycles. The third kappa shape index (κ3) is 3.36. The Kier molecular flexibility index (Phi) is 4.52. The van der Waals surface area contributed by atoms with Gasteiger partial charge in [-0.25, -0.2) is 0 Å². The number of aliphatic hydroxyl groups is 1. The SMILES string of the molecule is CC(CO)COc1cc([N+](=O)[O-])ccc1Cl. The smallest absolute Gasteiger partial charge is 0.273 e. The van der Waals surface area contributed by atoms with Crippen LogP contribution in [0.2, 0.25) is 5.02 Å². The molecular formula is C10H12ClNO4. The Morgan fingerprint density at radius 1 is 1.62 bits per heavy atom. The average molecular weight is 246 g/mol. The van der Waals surface area contributed by atoms with Crippen LogP contribution in [0, 0.1) is 16.0 Å². The van der Waals surface area contributed by atoms with Crippen LogP contribution in [0.25, 0.3) is 0 Å². The minimum absolute atomic E-state index is 0.00739. The molecule has 88 valence electrons. The van der Waals surface area contributed by atoms with E-state index in [9.17, 15) is 10.1 Å². The van der Waals surface area contributed by atoms with Gasteiger partial charge in [0.15, 0.2) is 0 Å². The lowest BCUT2D eigenvalue weighted by Gasteiger charge is -2.11. The molecule has 1 rings (SSSR count). The van der Waals surface area contributed by atoms with E-state index in [-0.39, 0.29) is 30.6 Å². The third-order valence-corrected chi connectivity index (χ3v) is 2.27. The third-order valence-electron chi connectivity index (χ3n) is 1.96. The Morgan fingerprint density at radius 3 is 2.88 bits per heavy atom. The van der Waals surface area contributed by atoms with Crippen molar-refractivity contribution in [3.05, 3.63) is 33.3 Å². The standard InChI is InChI=1S/C10H12ClNO4/c1-7(5-13)6-16-10-4-8(12(14)15)2-3-9(10)11/h2-4,7,13H,5-6H2,1H3. The predicted molar refractivity (Wildman–Crippen MR) is 59.9 cm³/mol. The Hall–Kier alpha value is -1.33. The molecule has 0 amide bonds. The lowest BCUT2D eigenvalue weighted by Crippen LogP contribution is -2.12. The Labute approximate surface area is 97.8 Å². The number of hydrogen-bond acceptors (Lipinski definition) is 4. The van der Waals surface area contributed by atoms with Gasteiger partial charge in [-0.15, -0.1) is 0 Å². The van der Waals surface area contributed by atoms with Crippen LogP contribution in [-0.4, -0.2) is 23.2 Å². The molecule has 5 nitrogen and oxygen atoms in total. The van der Waals surface area contributed by atoms with Crippen LogP contribution in [0.5, 0.6) is 5.75 Å². The first kappa shape index (κ1) is 12.7. The lowest BCUT2D eigenvalue weighted by molar-refractivity contribution is -0.384. The van der Waals surface area contributed by atoms with Gasteiger partial charge < -0.3 is 9.84 Å². The number of nitro benzene ring substituents is 1. The van der Waals surface area contributed by atoms with Crippen molar-refractivity contribution in [3.63, 3.8) is 0 Å². The number of nitrogens with zero attached hydrogens (tertiary/aromatic N) is 1. The first-order valence-electron chi connectivity index (χ1n) is 4.72. The summed E-state index contributed by atoms with van der Waals surface area (Å²) in [6.45, 7) is 2.05. The maximum absolute atomic E-state index is 10.5. The monoisotopic (exact) mass is 245 g/mol. The highest BCUT2D eigenvalue weighted by atomic mass is 35.5. The van der Waals surface area contributed by atoms with E-state index in [2.05, 4.69) is 0 Å². The largest absolute Gasteiger partial charge is 0.491 e. The second-order valence-electron chi connectivity index (χ2n) is 3.47. The van der Waals surface area contributed by atoms with Crippen LogP contribution in [0.1, 0.15) is 6.92 Å². The highest BCUT2D eigenvalue weighted by Gasteiger charge is 2.11. The van der Waals surface area contributed by atoms with Crippen molar-refractivity contribution >= 4 is 17.3 Å². The summed E-state index contributed by atoms with van der Waals surface area (Å²) >= 11 is 5.82. The number of benzene rings is 1. The predicted octanol–water partition coefficient (Wildman–Crippen LogP) is 2.26. The van der Waals surface area contributed by atoms with Gasteiger partial charge in [0.05, 0.1) is 22.6 Å². The van der Waals surface area contributed by atoms with Crippen LogP contribution in [0.4, 0.5) is 5.69 Å². The molecule has 0 aromatic heterocycles. The van der Waals surface area contributed by atoms with E-state index in [0.29, 0.717) is 5.02 Å². The van der Waals surface area contributed by atoms with Gasteiger partial charge in [0.25, 0.3) is 5.69 Å². The maximum Gasteiger partial charge on any atom is 0.273 e. The van der Waals surface area contributed by atoms with Gasteiger partial charge in [0.1, 0.15) is 5.75 Å². The molecule has 0 radical (unpaired) electrons. The minimum Gasteiger partial charge on any atom is -0.491 e. The number of rotatable bonds is 5. The number of nitro groups is 1. The number of ether oxygens (including phenoxy) is 1. The Bertz CT molecular complexity index is 383. The highest BCUT2D eigenvalue weighted by molar-refractivity contribution is 6.32. The Morgan fingerprint density at radius 2 is 2.31 bits per heavy atom. The van der Waals surface area contributed by atoms with Crippen LogP contribution < -0.4 is 4.74 Å². The molecule has 1 atom stereocenters. The summed E-state index contributed by atoms with van der Waals surface area (Å²) in [4.78, 5) is 10.0. The normalized spacial score (nSPS) is 12.2. The molecule has 1 aromatic carbocycles. The molecule has 1 N–H and O–H groups in total. The number of non-ortho nitro benzene ring substituents is 1. The van der Waals surface area contributed by atoms with E-state index >= 15 is 0 Å². The van der Waals surface area contributed by atoms with E-state index in [1.54, 1.807) is 6.92 Å². The van der Waals surface area contributed by atoms with Gasteiger partial charge in [0.2, 0.25) is 0 Å². The molecule has 0 fully saturated rings. The summed E-state index contributed by atoms with van der Waals surface area (Å²) in [5.41, 5.74) is -0.0731.